The number of aryl methyl sites for hydroxylation is 1. The minimum absolute atomic E-state index is 0.111. The summed E-state index contributed by atoms with van der Waals surface area (Å²) < 4.78 is 17.7. The highest BCUT2D eigenvalue weighted by atomic mass is 16.5. The highest BCUT2D eigenvalue weighted by Crippen LogP contribution is 2.40. The molecule has 190 valence electrons. The summed E-state index contributed by atoms with van der Waals surface area (Å²) in [7, 11) is 1.72. The van der Waals surface area contributed by atoms with E-state index in [1.807, 2.05) is 6.07 Å². The molecule has 2 aromatic rings. The molecule has 0 radical (unpaired) electrons. The van der Waals surface area contributed by atoms with Crippen LogP contribution in [0.5, 0.6) is 5.75 Å². The van der Waals surface area contributed by atoms with E-state index in [0.717, 1.165) is 52.1 Å². The third-order valence-electron chi connectivity index (χ3n) is 8.01. The molecule has 35 heavy (non-hydrogen) atoms. The molecular formula is C29H39NO5. The van der Waals surface area contributed by atoms with Crippen LogP contribution < -0.4 is 10.1 Å². The van der Waals surface area contributed by atoms with Crippen molar-refractivity contribution < 1.29 is 24.1 Å². The van der Waals surface area contributed by atoms with Gasteiger partial charge in [-0.2, -0.15) is 0 Å². The molecule has 2 aromatic carbocycles. The van der Waals surface area contributed by atoms with Crippen molar-refractivity contribution in [2.75, 3.05) is 25.6 Å². The molecule has 0 atom stereocenters. The van der Waals surface area contributed by atoms with Gasteiger partial charge in [0.25, 0.3) is 0 Å². The van der Waals surface area contributed by atoms with Crippen molar-refractivity contribution >= 4 is 11.7 Å². The van der Waals surface area contributed by atoms with Crippen LogP contribution in [0.15, 0.2) is 24.3 Å². The van der Waals surface area contributed by atoms with Crippen molar-refractivity contribution in [3.63, 3.8) is 0 Å². The van der Waals surface area contributed by atoms with Crippen molar-refractivity contribution in [3.8, 4) is 16.9 Å². The molecule has 1 saturated carbocycles. The number of hydrogen-bond acceptors (Lipinski definition) is 5. The number of carbonyl (C=O) groups is 1. The van der Waals surface area contributed by atoms with Crippen LogP contribution in [-0.2, 0) is 20.9 Å². The number of aliphatic carboxylic acids is 1. The summed E-state index contributed by atoms with van der Waals surface area (Å²) in [6.45, 7) is 9.83. The Morgan fingerprint density at radius 3 is 2.34 bits per heavy atom. The third-order valence-corrected chi connectivity index (χ3v) is 8.01. The van der Waals surface area contributed by atoms with Gasteiger partial charge in [-0.1, -0.05) is 25.0 Å². The van der Waals surface area contributed by atoms with Gasteiger partial charge in [-0.25, -0.2) is 4.79 Å². The molecular weight excluding hydrogens is 442 g/mol. The molecule has 6 heteroatoms. The van der Waals surface area contributed by atoms with Gasteiger partial charge in [-0.05, 0) is 86.1 Å². The van der Waals surface area contributed by atoms with Gasteiger partial charge in [0.2, 0.25) is 0 Å². The Hall–Kier alpha value is -2.57. The quantitative estimate of drug-likeness (QED) is 0.469. The molecule has 2 N–H and O–H groups in total. The van der Waals surface area contributed by atoms with Crippen molar-refractivity contribution in [2.24, 2.45) is 0 Å². The van der Waals surface area contributed by atoms with Crippen molar-refractivity contribution in [3.05, 3.63) is 46.5 Å². The molecule has 1 heterocycles. The number of methoxy groups -OCH3 is 1. The first-order valence-electron chi connectivity index (χ1n) is 12.7. The lowest BCUT2D eigenvalue weighted by molar-refractivity contribution is -0.145. The number of nitrogens with one attached hydrogen (secondary N) is 1. The second kappa shape index (κ2) is 10.2. The van der Waals surface area contributed by atoms with Crippen LogP contribution in [-0.4, -0.2) is 42.5 Å². The maximum atomic E-state index is 12.2. The van der Waals surface area contributed by atoms with E-state index in [2.05, 4.69) is 51.2 Å². The average molecular weight is 482 g/mol. The Morgan fingerprint density at radius 2 is 1.71 bits per heavy atom. The SMILES string of the molecule is COc1c(C)c(C)cc(-c2ccc(NC3(C(=O)O)CCOCC3)cc2COC2(C)CCCC2)c1C. The lowest BCUT2D eigenvalue weighted by Gasteiger charge is -2.35. The zero-order valence-corrected chi connectivity index (χ0v) is 21.8. The summed E-state index contributed by atoms with van der Waals surface area (Å²) in [4.78, 5) is 12.2. The monoisotopic (exact) mass is 481 g/mol. The summed E-state index contributed by atoms with van der Waals surface area (Å²) in [6, 6.07) is 8.35. The normalized spacial score (nSPS) is 18.9. The molecule has 0 aromatic heterocycles. The first kappa shape index (κ1) is 25.5. The topological polar surface area (TPSA) is 77.0 Å². The molecule has 4 rings (SSSR count). The lowest BCUT2D eigenvalue weighted by atomic mass is 9.88. The molecule has 1 aliphatic heterocycles. The van der Waals surface area contributed by atoms with Gasteiger partial charge in [0.1, 0.15) is 11.3 Å². The van der Waals surface area contributed by atoms with E-state index in [0.29, 0.717) is 32.7 Å². The zero-order chi connectivity index (χ0) is 25.2. The average Bonchev–Trinajstić information content (AvgIpc) is 3.28. The van der Waals surface area contributed by atoms with Crippen LogP contribution in [0.2, 0.25) is 0 Å². The molecule has 1 aliphatic carbocycles. The van der Waals surface area contributed by atoms with Crippen molar-refractivity contribution in [1.29, 1.82) is 0 Å². The summed E-state index contributed by atoms with van der Waals surface area (Å²) in [5.74, 6) is 0.0692. The predicted octanol–water partition coefficient (Wildman–Crippen LogP) is 6.18. The third kappa shape index (κ3) is 5.19. The van der Waals surface area contributed by atoms with Gasteiger partial charge in [-0.15, -0.1) is 0 Å². The Kier molecular flexibility index (Phi) is 7.43. The Balaban J connectivity index is 1.75. The van der Waals surface area contributed by atoms with E-state index in [1.165, 1.54) is 18.4 Å². The second-order valence-corrected chi connectivity index (χ2v) is 10.5. The maximum absolute atomic E-state index is 12.2. The van der Waals surface area contributed by atoms with Crippen LogP contribution in [0.25, 0.3) is 11.1 Å². The van der Waals surface area contributed by atoms with E-state index in [-0.39, 0.29) is 5.60 Å². The molecule has 6 nitrogen and oxygen atoms in total. The first-order chi connectivity index (χ1) is 16.7. The van der Waals surface area contributed by atoms with Gasteiger partial charge >= 0.3 is 5.97 Å². The molecule has 1 saturated heterocycles. The second-order valence-electron chi connectivity index (χ2n) is 10.5. The molecule has 0 unspecified atom stereocenters. The number of ether oxygens (including phenoxy) is 3. The van der Waals surface area contributed by atoms with Crippen LogP contribution in [0.3, 0.4) is 0 Å². The minimum Gasteiger partial charge on any atom is -0.496 e. The van der Waals surface area contributed by atoms with Crippen LogP contribution in [0, 0.1) is 20.8 Å². The molecule has 0 amide bonds. The standard InChI is InChI=1S/C29H39NO5/c1-19-16-25(21(3)26(33-5)20(19)2)24-9-8-23(30-29(27(31)32)12-14-34-15-13-29)17-22(24)18-35-28(4)10-6-7-11-28/h8-9,16-17,30H,6-7,10-15,18H2,1-5H3,(H,31,32). The number of hydrogen-bond donors (Lipinski definition) is 2. The number of benzene rings is 2. The highest BCUT2D eigenvalue weighted by molar-refractivity contribution is 5.84. The van der Waals surface area contributed by atoms with E-state index < -0.39 is 11.5 Å². The largest absolute Gasteiger partial charge is 0.496 e. The smallest absolute Gasteiger partial charge is 0.329 e. The van der Waals surface area contributed by atoms with Gasteiger partial charge < -0.3 is 24.6 Å². The van der Waals surface area contributed by atoms with Crippen LogP contribution in [0.4, 0.5) is 5.69 Å². The Morgan fingerprint density at radius 1 is 1.03 bits per heavy atom. The fourth-order valence-electron chi connectivity index (χ4n) is 5.56. The first-order valence-corrected chi connectivity index (χ1v) is 12.7. The van der Waals surface area contributed by atoms with Crippen molar-refractivity contribution in [2.45, 2.75) is 84.0 Å². The molecule has 2 fully saturated rings. The lowest BCUT2D eigenvalue weighted by Crippen LogP contribution is -2.50. The van der Waals surface area contributed by atoms with Crippen molar-refractivity contribution in [1.82, 2.24) is 0 Å². The highest BCUT2D eigenvalue weighted by Gasteiger charge is 2.40. The van der Waals surface area contributed by atoms with Crippen LogP contribution in [0.1, 0.15) is 67.7 Å². The zero-order valence-electron chi connectivity index (χ0n) is 21.8. The Labute approximate surface area is 209 Å². The summed E-state index contributed by atoms with van der Waals surface area (Å²) in [6.07, 6.45) is 5.39. The van der Waals surface area contributed by atoms with Crippen LogP contribution >= 0.6 is 0 Å². The maximum Gasteiger partial charge on any atom is 0.329 e. The molecule has 0 spiro atoms. The summed E-state index contributed by atoms with van der Waals surface area (Å²) >= 11 is 0. The summed E-state index contributed by atoms with van der Waals surface area (Å²) in [5, 5.41) is 13.4. The van der Waals surface area contributed by atoms with Gasteiger partial charge in [0.15, 0.2) is 0 Å². The van der Waals surface area contributed by atoms with Gasteiger partial charge in [0.05, 0.1) is 19.3 Å². The Bertz CT molecular complexity index is 1080. The summed E-state index contributed by atoms with van der Waals surface area (Å²) in [5.41, 5.74) is 6.33. The molecule has 2 aliphatic rings. The van der Waals surface area contributed by atoms with Gasteiger partial charge in [-0.3, -0.25) is 0 Å². The van der Waals surface area contributed by atoms with Gasteiger partial charge in [0, 0.05) is 31.7 Å². The van der Waals surface area contributed by atoms with E-state index >= 15 is 0 Å². The molecule has 0 bridgehead atoms. The van der Waals surface area contributed by atoms with E-state index in [4.69, 9.17) is 14.2 Å². The number of carboxylic acids is 1. The minimum atomic E-state index is -1.02. The fraction of sp³-hybridized carbons (Fsp3) is 0.552. The number of anilines is 1. The predicted molar refractivity (Wildman–Crippen MR) is 138 cm³/mol. The number of rotatable bonds is 8. The fourth-order valence-corrected chi connectivity index (χ4v) is 5.56. The number of carboxylic acid groups (broad SMARTS) is 1. The van der Waals surface area contributed by atoms with E-state index in [9.17, 15) is 9.90 Å². The van der Waals surface area contributed by atoms with E-state index in [1.54, 1.807) is 7.11 Å².